The Kier molecular flexibility index (Phi) is 3.12. The van der Waals surface area contributed by atoms with Gasteiger partial charge in [-0.2, -0.15) is 5.26 Å². The van der Waals surface area contributed by atoms with Gasteiger partial charge in [-0.1, -0.05) is 42.5 Å². The van der Waals surface area contributed by atoms with Gasteiger partial charge in [0.15, 0.2) is 0 Å². The average molecular weight is 233 g/mol. The molecule has 0 bridgehead atoms. The van der Waals surface area contributed by atoms with Crippen LogP contribution >= 0.6 is 10.9 Å². The van der Waals surface area contributed by atoms with Crippen molar-refractivity contribution in [1.82, 2.24) is 0 Å². The number of hydrogen-bond donors (Lipinski definition) is 1. The topological polar surface area (TPSA) is 23.8 Å². The first kappa shape index (κ1) is 11.0. The van der Waals surface area contributed by atoms with Gasteiger partial charge in [-0.15, -0.1) is 0 Å². The summed E-state index contributed by atoms with van der Waals surface area (Å²) in [5.41, 5.74) is -1.42. The first-order valence-corrected chi connectivity index (χ1v) is 6.67. The number of allylic oxidation sites excluding steroid dienone is 2. The van der Waals surface area contributed by atoms with Gasteiger partial charge in [0.05, 0.1) is 0 Å². The van der Waals surface area contributed by atoms with Crippen molar-refractivity contribution in [2.45, 2.75) is 5.67 Å². The van der Waals surface area contributed by atoms with E-state index in [1.807, 2.05) is 29.0 Å². The van der Waals surface area contributed by atoms with E-state index in [9.17, 15) is 4.39 Å². The fourth-order valence-electron chi connectivity index (χ4n) is 1.62. The van der Waals surface area contributed by atoms with E-state index in [2.05, 4.69) is 0 Å². The largest absolute Gasteiger partial charge is 0.228 e. The average Bonchev–Trinajstić information content (AvgIpc) is 2.83. The van der Waals surface area contributed by atoms with Crippen molar-refractivity contribution in [1.29, 1.82) is 5.26 Å². The van der Waals surface area contributed by atoms with E-state index in [0.717, 1.165) is 0 Å². The number of hydrogen-bond acceptors (Lipinski definition) is 1. The Balaban J connectivity index is 2.23. The number of nitriles is 1. The predicted octanol–water partition coefficient (Wildman–Crippen LogP) is 3.42. The van der Waals surface area contributed by atoms with Gasteiger partial charge in [0.2, 0.25) is 5.67 Å². The Morgan fingerprint density at radius 3 is 2.38 bits per heavy atom. The number of alkyl halides is 1. The Bertz CT molecular complexity index is 449. The van der Waals surface area contributed by atoms with Gasteiger partial charge in [-0.25, -0.2) is 15.3 Å². The second kappa shape index (κ2) is 4.54. The highest BCUT2D eigenvalue weighted by Crippen LogP contribution is 2.41. The van der Waals surface area contributed by atoms with E-state index in [1.54, 1.807) is 30.3 Å². The van der Waals surface area contributed by atoms with Gasteiger partial charge in [0.25, 0.3) is 0 Å². The molecule has 1 aromatic carbocycles. The molecule has 1 aromatic rings. The van der Waals surface area contributed by atoms with Crippen molar-refractivity contribution >= 4 is 10.9 Å². The van der Waals surface area contributed by atoms with Crippen LogP contribution in [0.1, 0.15) is 5.56 Å². The Hall–Kier alpha value is -1.53. The smallest absolute Gasteiger partial charge is 0.221 e. The van der Waals surface area contributed by atoms with Crippen molar-refractivity contribution in [2.24, 2.45) is 0 Å². The molecule has 82 valence electrons. The highest BCUT2D eigenvalue weighted by atomic mass is 32.2. The Morgan fingerprint density at radius 1 is 1.19 bits per heavy atom. The minimum atomic E-state index is -1.87. The third-order valence-electron chi connectivity index (χ3n) is 2.48. The molecule has 1 heterocycles. The molecule has 1 aliphatic heterocycles. The van der Waals surface area contributed by atoms with Crippen molar-refractivity contribution in [3.63, 3.8) is 0 Å². The second-order valence-electron chi connectivity index (χ2n) is 3.63. The number of benzene rings is 1. The minimum Gasteiger partial charge on any atom is -0.221 e. The summed E-state index contributed by atoms with van der Waals surface area (Å²) in [6.07, 6.45) is 3.82. The fourth-order valence-corrected chi connectivity index (χ4v) is 3.33. The summed E-state index contributed by atoms with van der Waals surface area (Å²) in [4.78, 5) is 0. The number of thiol groups is 1. The van der Waals surface area contributed by atoms with Crippen LogP contribution in [-0.2, 0) is 5.67 Å². The van der Waals surface area contributed by atoms with Crippen LogP contribution in [-0.4, -0.2) is 5.75 Å². The van der Waals surface area contributed by atoms with Crippen LogP contribution in [0.5, 0.6) is 0 Å². The van der Waals surface area contributed by atoms with Crippen molar-refractivity contribution in [3.05, 3.63) is 58.9 Å². The molecule has 0 aliphatic carbocycles. The molecule has 0 spiro atoms. The predicted molar refractivity (Wildman–Crippen MR) is 67.0 cm³/mol. The quantitative estimate of drug-likeness (QED) is 0.795. The van der Waals surface area contributed by atoms with Gasteiger partial charge < -0.3 is 0 Å². The zero-order valence-corrected chi connectivity index (χ0v) is 9.57. The summed E-state index contributed by atoms with van der Waals surface area (Å²) >= 11 is 0. The molecule has 0 saturated carbocycles. The van der Waals surface area contributed by atoms with Crippen LogP contribution < -0.4 is 0 Å². The third-order valence-corrected chi connectivity index (χ3v) is 4.39. The summed E-state index contributed by atoms with van der Waals surface area (Å²) in [6, 6.07) is 10.5. The lowest BCUT2D eigenvalue weighted by Gasteiger charge is -2.22. The molecular weight excluding hydrogens is 221 g/mol. The lowest BCUT2D eigenvalue weighted by atomic mass is 10.00. The summed E-state index contributed by atoms with van der Waals surface area (Å²) in [5.74, 6) is 0.246. The van der Waals surface area contributed by atoms with Gasteiger partial charge >= 0.3 is 0 Å². The highest BCUT2D eigenvalue weighted by Gasteiger charge is 2.33. The van der Waals surface area contributed by atoms with Crippen LogP contribution in [0, 0.1) is 11.3 Å². The van der Waals surface area contributed by atoms with E-state index >= 15 is 0 Å². The molecule has 0 fully saturated rings. The van der Waals surface area contributed by atoms with E-state index in [4.69, 9.17) is 5.26 Å². The highest BCUT2D eigenvalue weighted by molar-refractivity contribution is 8.22. The standard InChI is InChI=1S/C13H12FNS/c14-13(10-15,11-16-8-4-5-9-16)12-6-2-1-3-7-12/h1-9,16H,11H2. The zero-order chi connectivity index (χ0) is 11.4. The molecule has 0 saturated heterocycles. The SMILES string of the molecule is N#CC(F)(C[SH]1C=CC=C1)c1ccccc1. The van der Waals surface area contributed by atoms with E-state index in [-0.39, 0.29) is 5.75 Å². The molecule has 3 heteroatoms. The van der Waals surface area contributed by atoms with E-state index in [1.165, 1.54) is 0 Å². The minimum absolute atomic E-state index is 0.246. The lowest BCUT2D eigenvalue weighted by Crippen LogP contribution is -2.22. The van der Waals surface area contributed by atoms with Crippen molar-refractivity contribution in [2.75, 3.05) is 5.75 Å². The van der Waals surface area contributed by atoms with Crippen molar-refractivity contribution < 1.29 is 4.39 Å². The first-order chi connectivity index (χ1) is 7.74. The molecular formula is C13H12FNS. The normalized spacial score (nSPS) is 19.4. The van der Waals surface area contributed by atoms with E-state index < -0.39 is 16.6 Å². The summed E-state index contributed by atoms with van der Waals surface area (Å²) in [7, 11) is -0.621. The summed E-state index contributed by atoms with van der Waals surface area (Å²) in [5, 5.41) is 13.0. The molecule has 1 aliphatic rings. The number of rotatable bonds is 3. The lowest BCUT2D eigenvalue weighted by molar-refractivity contribution is 0.281. The van der Waals surface area contributed by atoms with Crippen LogP contribution in [0.15, 0.2) is 53.3 Å². The summed E-state index contributed by atoms with van der Waals surface area (Å²) < 4.78 is 14.5. The molecule has 0 radical (unpaired) electrons. The summed E-state index contributed by atoms with van der Waals surface area (Å²) in [6.45, 7) is 0. The van der Waals surface area contributed by atoms with Gasteiger partial charge in [0.1, 0.15) is 6.07 Å². The molecule has 0 N–H and O–H groups in total. The van der Waals surface area contributed by atoms with Gasteiger partial charge in [0, 0.05) is 11.3 Å². The van der Waals surface area contributed by atoms with Crippen LogP contribution in [0.4, 0.5) is 4.39 Å². The molecule has 1 nitrogen and oxygen atoms in total. The monoisotopic (exact) mass is 233 g/mol. The van der Waals surface area contributed by atoms with Crippen LogP contribution in [0.2, 0.25) is 0 Å². The molecule has 16 heavy (non-hydrogen) atoms. The molecule has 1 atom stereocenters. The van der Waals surface area contributed by atoms with E-state index in [0.29, 0.717) is 5.56 Å². The second-order valence-corrected chi connectivity index (χ2v) is 5.58. The molecule has 0 amide bonds. The van der Waals surface area contributed by atoms with Crippen molar-refractivity contribution in [3.8, 4) is 6.07 Å². The first-order valence-electron chi connectivity index (χ1n) is 5.01. The zero-order valence-electron chi connectivity index (χ0n) is 8.68. The maximum atomic E-state index is 14.5. The maximum Gasteiger partial charge on any atom is 0.228 e. The van der Waals surface area contributed by atoms with Gasteiger partial charge in [-0.05, 0) is 10.8 Å². The molecule has 2 rings (SSSR count). The van der Waals surface area contributed by atoms with Gasteiger partial charge in [-0.3, -0.25) is 0 Å². The number of nitrogens with zero attached hydrogens (tertiary/aromatic N) is 1. The Labute approximate surface area is 97.3 Å². The maximum absolute atomic E-state index is 14.5. The third kappa shape index (κ3) is 2.17. The Morgan fingerprint density at radius 2 is 1.81 bits per heavy atom. The van der Waals surface area contributed by atoms with Crippen LogP contribution in [0.3, 0.4) is 0 Å². The molecule has 1 unspecified atom stereocenters. The van der Waals surface area contributed by atoms with Crippen LogP contribution in [0.25, 0.3) is 0 Å². The molecule has 0 aromatic heterocycles. The number of halogens is 1. The fraction of sp³-hybridized carbons (Fsp3) is 0.154.